The Hall–Kier alpha value is 0.140. The SMILES string of the molecule is CC1CCC(N)(Cc2cc(Br)cs2)C(C)C1. The molecule has 1 fully saturated rings. The smallest absolute Gasteiger partial charge is 0.0285 e. The van der Waals surface area contributed by atoms with Crippen molar-refractivity contribution >= 4 is 27.3 Å². The van der Waals surface area contributed by atoms with Gasteiger partial charge in [0.15, 0.2) is 0 Å². The van der Waals surface area contributed by atoms with E-state index in [1.165, 1.54) is 28.6 Å². The highest BCUT2D eigenvalue weighted by Gasteiger charge is 2.36. The number of rotatable bonds is 2. The molecule has 1 saturated carbocycles. The molecule has 3 atom stereocenters. The standard InChI is InChI=1S/C13H20BrNS/c1-9-3-4-13(15,10(2)5-9)7-12-6-11(14)8-16-12/h6,8-10H,3-5,7,15H2,1-2H3. The monoisotopic (exact) mass is 301 g/mol. The molecule has 1 nitrogen and oxygen atoms in total. The van der Waals surface area contributed by atoms with Gasteiger partial charge < -0.3 is 5.73 Å². The zero-order valence-corrected chi connectivity index (χ0v) is 12.4. The van der Waals surface area contributed by atoms with Crippen LogP contribution in [0.15, 0.2) is 15.9 Å². The third kappa shape index (κ3) is 2.69. The van der Waals surface area contributed by atoms with Gasteiger partial charge in [0.25, 0.3) is 0 Å². The number of nitrogens with two attached hydrogens (primary N) is 1. The summed E-state index contributed by atoms with van der Waals surface area (Å²) < 4.78 is 1.19. The van der Waals surface area contributed by atoms with Crippen LogP contribution in [0.5, 0.6) is 0 Å². The summed E-state index contributed by atoms with van der Waals surface area (Å²) in [6.07, 6.45) is 4.78. The third-order valence-corrected chi connectivity index (χ3v) is 5.66. The van der Waals surface area contributed by atoms with Crippen LogP contribution < -0.4 is 5.73 Å². The molecule has 0 spiro atoms. The lowest BCUT2D eigenvalue weighted by atomic mass is 9.69. The van der Waals surface area contributed by atoms with Gasteiger partial charge in [0.05, 0.1) is 0 Å². The van der Waals surface area contributed by atoms with Gasteiger partial charge in [-0.3, -0.25) is 0 Å². The van der Waals surface area contributed by atoms with Crippen LogP contribution in [-0.2, 0) is 6.42 Å². The van der Waals surface area contributed by atoms with E-state index in [9.17, 15) is 0 Å². The van der Waals surface area contributed by atoms with Gasteiger partial charge in [-0.25, -0.2) is 0 Å². The third-order valence-electron chi connectivity index (χ3n) is 3.97. The largest absolute Gasteiger partial charge is 0.325 e. The maximum atomic E-state index is 6.60. The highest BCUT2D eigenvalue weighted by atomic mass is 79.9. The Morgan fingerprint density at radius 2 is 2.31 bits per heavy atom. The van der Waals surface area contributed by atoms with Crippen molar-refractivity contribution in [1.82, 2.24) is 0 Å². The first-order valence-electron chi connectivity index (χ1n) is 6.01. The van der Waals surface area contributed by atoms with Crippen LogP contribution in [0, 0.1) is 11.8 Å². The molecule has 1 aromatic heterocycles. The van der Waals surface area contributed by atoms with Crippen molar-refractivity contribution in [2.75, 3.05) is 0 Å². The van der Waals surface area contributed by atoms with Crippen molar-refractivity contribution in [2.45, 2.75) is 45.1 Å². The number of hydrogen-bond donors (Lipinski definition) is 1. The molecule has 16 heavy (non-hydrogen) atoms. The minimum absolute atomic E-state index is 0.0246. The van der Waals surface area contributed by atoms with Crippen LogP contribution >= 0.6 is 27.3 Å². The van der Waals surface area contributed by atoms with Crippen molar-refractivity contribution in [3.05, 3.63) is 20.8 Å². The Labute approximate surface area is 111 Å². The Balaban J connectivity index is 2.07. The van der Waals surface area contributed by atoms with E-state index in [0.29, 0.717) is 5.92 Å². The fourth-order valence-electron chi connectivity index (χ4n) is 2.75. The second-order valence-corrected chi connectivity index (χ2v) is 7.33. The second-order valence-electron chi connectivity index (χ2n) is 5.42. The van der Waals surface area contributed by atoms with Crippen LogP contribution in [-0.4, -0.2) is 5.54 Å². The van der Waals surface area contributed by atoms with Crippen molar-refractivity contribution in [3.63, 3.8) is 0 Å². The number of thiophene rings is 1. The Bertz CT molecular complexity index is 363. The first-order chi connectivity index (χ1) is 7.49. The van der Waals surface area contributed by atoms with E-state index in [1.807, 2.05) is 11.3 Å². The molecule has 1 aliphatic carbocycles. The van der Waals surface area contributed by atoms with E-state index in [2.05, 4.69) is 41.2 Å². The molecule has 0 saturated heterocycles. The predicted molar refractivity (Wildman–Crippen MR) is 74.8 cm³/mol. The summed E-state index contributed by atoms with van der Waals surface area (Å²) in [5.41, 5.74) is 6.62. The van der Waals surface area contributed by atoms with E-state index in [1.54, 1.807) is 0 Å². The number of hydrogen-bond acceptors (Lipinski definition) is 2. The van der Waals surface area contributed by atoms with Crippen molar-refractivity contribution in [2.24, 2.45) is 17.6 Å². The van der Waals surface area contributed by atoms with Gasteiger partial charge in [-0.05, 0) is 53.1 Å². The first-order valence-corrected chi connectivity index (χ1v) is 7.68. The molecule has 1 aliphatic rings. The van der Waals surface area contributed by atoms with Crippen LogP contribution in [0.3, 0.4) is 0 Å². The zero-order chi connectivity index (χ0) is 11.8. The summed E-state index contributed by atoms with van der Waals surface area (Å²) in [6.45, 7) is 4.66. The molecule has 90 valence electrons. The van der Waals surface area contributed by atoms with Gasteiger partial charge in [-0.2, -0.15) is 0 Å². The summed E-state index contributed by atoms with van der Waals surface area (Å²) in [5, 5.41) is 2.15. The predicted octanol–water partition coefficient (Wildman–Crippen LogP) is 4.21. The normalized spacial score (nSPS) is 35.2. The molecule has 0 radical (unpaired) electrons. The molecule has 3 unspecified atom stereocenters. The molecule has 0 bridgehead atoms. The summed E-state index contributed by atoms with van der Waals surface area (Å²) in [4.78, 5) is 1.41. The molecule has 1 aromatic rings. The fraction of sp³-hybridized carbons (Fsp3) is 0.692. The average molecular weight is 302 g/mol. The molecule has 2 rings (SSSR count). The summed E-state index contributed by atoms with van der Waals surface area (Å²) >= 11 is 5.33. The molecule has 3 heteroatoms. The molecule has 0 aromatic carbocycles. The highest BCUT2D eigenvalue weighted by molar-refractivity contribution is 9.10. The lowest BCUT2D eigenvalue weighted by Gasteiger charge is -2.42. The van der Waals surface area contributed by atoms with E-state index in [-0.39, 0.29) is 5.54 Å². The molecule has 1 heterocycles. The Kier molecular flexibility index (Phi) is 3.77. The Morgan fingerprint density at radius 3 is 2.88 bits per heavy atom. The van der Waals surface area contributed by atoms with Crippen LogP contribution in [0.2, 0.25) is 0 Å². The van der Waals surface area contributed by atoms with Crippen molar-refractivity contribution in [3.8, 4) is 0 Å². The minimum atomic E-state index is 0.0246. The maximum absolute atomic E-state index is 6.60. The Morgan fingerprint density at radius 1 is 1.56 bits per heavy atom. The second kappa shape index (κ2) is 4.79. The quantitative estimate of drug-likeness (QED) is 0.870. The molecule has 2 N–H and O–H groups in total. The van der Waals surface area contributed by atoms with Crippen LogP contribution in [0.25, 0.3) is 0 Å². The van der Waals surface area contributed by atoms with Crippen LogP contribution in [0.4, 0.5) is 0 Å². The zero-order valence-electron chi connectivity index (χ0n) is 10.0. The van der Waals surface area contributed by atoms with Crippen molar-refractivity contribution < 1.29 is 0 Å². The van der Waals surface area contributed by atoms with Crippen molar-refractivity contribution in [1.29, 1.82) is 0 Å². The summed E-state index contributed by atoms with van der Waals surface area (Å²) in [5.74, 6) is 1.49. The molecule has 0 amide bonds. The van der Waals surface area contributed by atoms with Gasteiger partial charge >= 0.3 is 0 Å². The lowest BCUT2D eigenvalue weighted by molar-refractivity contribution is 0.164. The average Bonchev–Trinajstić information content (AvgIpc) is 2.59. The highest BCUT2D eigenvalue weighted by Crippen LogP contribution is 2.38. The lowest BCUT2D eigenvalue weighted by Crippen LogP contribution is -2.51. The van der Waals surface area contributed by atoms with Gasteiger partial charge in [-0.1, -0.05) is 13.8 Å². The van der Waals surface area contributed by atoms with E-state index < -0.39 is 0 Å². The first kappa shape index (κ1) is 12.6. The summed E-state index contributed by atoms with van der Waals surface area (Å²) in [6, 6.07) is 2.21. The number of halogens is 1. The topological polar surface area (TPSA) is 26.0 Å². The van der Waals surface area contributed by atoms with Crippen LogP contribution in [0.1, 0.15) is 38.0 Å². The van der Waals surface area contributed by atoms with Gasteiger partial charge in [-0.15, -0.1) is 11.3 Å². The van der Waals surface area contributed by atoms with E-state index in [0.717, 1.165) is 12.3 Å². The van der Waals surface area contributed by atoms with E-state index >= 15 is 0 Å². The maximum Gasteiger partial charge on any atom is 0.0285 e. The van der Waals surface area contributed by atoms with Gasteiger partial charge in [0, 0.05) is 26.7 Å². The minimum Gasteiger partial charge on any atom is -0.325 e. The van der Waals surface area contributed by atoms with Gasteiger partial charge in [0.2, 0.25) is 0 Å². The molecule has 0 aliphatic heterocycles. The van der Waals surface area contributed by atoms with Gasteiger partial charge in [0.1, 0.15) is 0 Å². The molecular formula is C13H20BrNS. The fourth-order valence-corrected chi connectivity index (χ4v) is 4.34. The molecular weight excluding hydrogens is 282 g/mol. The summed E-state index contributed by atoms with van der Waals surface area (Å²) in [7, 11) is 0. The van der Waals surface area contributed by atoms with E-state index in [4.69, 9.17) is 5.73 Å².